The lowest BCUT2D eigenvalue weighted by Crippen LogP contribution is -2.52. The molecule has 0 aliphatic heterocycles. The monoisotopic (exact) mass is 474 g/mol. The molecule has 3 aliphatic carbocycles. The number of aryl methyl sites for hydroxylation is 1. The van der Waals surface area contributed by atoms with E-state index in [0.717, 1.165) is 43.3 Å². The molecule has 0 heterocycles. The number of fused-ring (bicyclic) bond motifs is 5. The number of amides is 1. The molecule has 0 bridgehead atoms. The second-order valence-electron chi connectivity index (χ2n) is 10.8. The third kappa shape index (κ3) is 4.94. The number of ether oxygens (including phenoxy) is 1. The topological polar surface area (TPSA) is 53.0 Å². The molecule has 0 aromatic heterocycles. The predicted molar refractivity (Wildman–Crippen MR) is 136 cm³/mol. The third-order valence-corrected chi connectivity index (χ3v) is 9.28. The van der Waals surface area contributed by atoms with Crippen LogP contribution in [-0.4, -0.2) is 73.0 Å². The summed E-state index contributed by atoms with van der Waals surface area (Å²) in [4.78, 5) is 16.9. The fraction of sp³-hybridized carbons (Fsp3) is 0.741. The van der Waals surface area contributed by atoms with E-state index in [1.54, 1.807) is 5.56 Å². The van der Waals surface area contributed by atoms with Gasteiger partial charge in [-0.3, -0.25) is 9.69 Å². The van der Waals surface area contributed by atoms with Crippen molar-refractivity contribution in [3.8, 4) is 5.75 Å². The number of benzene rings is 1. The first-order valence-corrected chi connectivity index (χ1v) is 13.4. The summed E-state index contributed by atoms with van der Waals surface area (Å²) in [5.41, 5.74) is 3.24. The molecule has 6 heteroatoms. The highest BCUT2D eigenvalue weighted by Crippen LogP contribution is 2.61. The molecule has 184 valence electrons. The van der Waals surface area contributed by atoms with Gasteiger partial charge in [-0.1, -0.05) is 13.0 Å². The number of rotatable bonds is 9. The van der Waals surface area contributed by atoms with Gasteiger partial charge in [0.05, 0.1) is 19.8 Å². The Morgan fingerprint density at radius 1 is 1.24 bits per heavy atom. The number of nitrogens with zero attached hydrogens (tertiary/aromatic N) is 2. The van der Waals surface area contributed by atoms with E-state index in [-0.39, 0.29) is 17.9 Å². The largest absolute Gasteiger partial charge is 0.494 e. The van der Waals surface area contributed by atoms with Crippen LogP contribution in [0.4, 0.5) is 0 Å². The minimum Gasteiger partial charge on any atom is -0.494 e. The van der Waals surface area contributed by atoms with Gasteiger partial charge in [0.15, 0.2) is 0 Å². The van der Waals surface area contributed by atoms with Crippen LogP contribution in [0, 0.1) is 17.3 Å². The van der Waals surface area contributed by atoms with Gasteiger partial charge in [-0.2, -0.15) is 12.6 Å². The number of carbonyl (C=O) groups excluding carboxylic acids is 1. The highest BCUT2D eigenvalue weighted by Gasteiger charge is 2.56. The molecular weight excluding hydrogens is 432 g/mol. The van der Waals surface area contributed by atoms with Crippen LogP contribution in [0.15, 0.2) is 18.2 Å². The first-order valence-electron chi connectivity index (χ1n) is 12.8. The van der Waals surface area contributed by atoms with E-state index < -0.39 is 0 Å². The molecule has 2 fully saturated rings. The molecule has 1 aromatic carbocycles. The highest BCUT2D eigenvalue weighted by atomic mass is 32.1. The Balaban J connectivity index is 1.45. The van der Waals surface area contributed by atoms with Crippen molar-refractivity contribution in [3.05, 3.63) is 29.3 Å². The number of hydrogen-bond acceptors (Lipinski definition) is 5. The molecule has 0 radical (unpaired) electrons. The van der Waals surface area contributed by atoms with Crippen LogP contribution in [0.5, 0.6) is 5.75 Å². The van der Waals surface area contributed by atoms with Crippen molar-refractivity contribution in [2.24, 2.45) is 17.3 Å². The maximum Gasteiger partial charge on any atom is 0.236 e. The maximum absolute atomic E-state index is 13.0. The van der Waals surface area contributed by atoms with Crippen molar-refractivity contribution in [1.29, 1.82) is 0 Å². The Bertz CT molecular complexity index is 834. The van der Waals surface area contributed by atoms with Gasteiger partial charge < -0.3 is 14.7 Å². The molecular formula is C27H42N2O3S. The van der Waals surface area contributed by atoms with E-state index in [1.165, 1.54) is 31.2 Å². The molecule has 0 saturated heterocycles. The Hall–Kier alpha value is -1.24. The van der Waals surface area contributed by atoms with Gasteiger partial charge in [0.25, 0.3) is 0 Å². The van der Waals surface area contributed by atoms with E-state index in [9.17, 15) is 4.79 Å². The summed E-state index contributed by atoms with van der Waals surface area (Å²) in [5.74, 6) is 4.09. The van der Waals surface area contributed by atoms with Gasteiger partial charge in [0, 0.05) is 19.6 Å². The standard InChI is InChI=1S/C27H42N2O3S/c1-27-12-11-22-21-8-6-20(32-15-4-16-33)17-19(21)5-7-23(22)24(27)9-10-25(27)29(3)26(31)18-28(2)13-14-30/h6,8,17,22-25,30,33H,4-5,7,9-16,18H2,1-3H3/t22?,23?,24?,25-,27-/m0/s1. The zero-order chi connectivity index (χ0) is 23.6. The molecule has 1 N–H and O–H groups in total. The van der Waals surface area contributed by atoms with Crippen LogP contribution in [0.3, 0.4) is 0 Å². The van der Waals surface area contributed by atoms with Crippen LogP contribution >= 0.6 is 12.6 Å². The molecule has 3 unspecified atom stereocenters. The Labute approximate surface area is 205 Å². The molecule has 3 aliphatic rings. The second kappa shape index (κ2) is 10.6. The zero-order valence-electron chi connectivity index (χ0n) is 20.6. The van der Waals surface area contributed by atoms with E-state index in [1.807, 2.05) is 23.9 Å². The van der Waals surface area contributed by atoms with Gasteiger partial charge >= 0.3 is 0 Å². The normalized spacial score (nSPS) is 30.5. The van der Waals surface area contributed by atoms with Gasteiger partial charge in [-0.05, 0) is 104 Å². The number of aliphatic hydroxyl groups excluding tert-OH is 1. The van der Waals surface area contributed by atoms with Crippen molar-refractivity contribution in [2.45, 2.75) is 63.8 Å². The number of carbonyl (C=O) groups is 1. The Kier molecular flexibility index (Phi) is 7.97. The maximum atomic E-state index is 13.0. The van der Waals surface area contributed by atoms with Crippen molar-refractivity contribution in [2.75, 3.05) is 46.2 Å². The van der Waals surface area contributed by atoms with Crippen LogP contribution in [-0.2, 0) is 11.2 Å². The number of thiol groups is 1. The predicted octanol–water partition coefficient (Wildman–Crippen LogP) is 3.99. The van der Waals surface area contributed by atoms with Crippen molar-refractivity contribution in [1.82, 2.24) is 9.80 Å². The number of likely N-dealkylation sites (N-methyl/N-ethyl adjacent to an activating group) is 2. The summed E-state index contributed by atoms with van der Waals surface area (Å²) < 4.78 is 5.94. The SMILES string of the molecule is CN(CCO)CC(=O)N(C)[C@H]1CCC2C3CCc4cc(OCCCS)ccc4C3CC[C@@]21C. The zero-order valence-corrected chi connectivity index (χ0v) is 21.5. The fourth-order valence-electron chi connectivity index (χ4n) is 7.28. The summed E-state index contributed by atoms with van der Waals surface area (Å²) >= 11 is 4.27. The highest BCUT2D eigenvalue weighted by molar-refractivity contribution is 7.80. The second-order valence-corrected chi connectivity index (χ2v) is 11.3. The van der Waals surface area contributed by atoms with Crippen LogP contribution < -0.4 is 4.74 Å². The minimum atomic E-state index is 0.0878. The molecule has 5 nitrogen and oxygen atoms in total. The van der Waals surface area contributed by atoms with Crippen molar-refractivity contribution < 1.29 is 14.6 Å². The van der Waals surface area contributed by atoms with Gasteiger partial charge in [0.2, 0.25) is 5.91 Å². The van der Waals surface area contributed by atoms with Gasteiger partial charge in [-0.25, -0.2) is 0 Å². The number of hydrogen-bond donors (Lipinski definition) is 2. The quantitative estimate of drug-likeness (QED) is 0.420. The molecule has 1 aromatic rings. The summed E-state index contributed by atoms with van der Waals surface area (Å²) in [6.07, 6.45) is 8.11. The first kappa shape index (κ1) is 24.9. The molecule has 2 saturated carbocycles. The fourth-order valence-corrected chi connectivity index (χ4v) is 7.41. The van der Waals surface area contributed by atoms with Crippen LogP contribution in [0.1, 0.15) is 62.5 Å². The third-order valence-electron chi connectivity index (χ3n) is 8.97. The molecule has 4 rings (SSSR count). The van der Waals surface area contributed by atoms with E-state index in [2.05, 4.69) is 37.8 Å². The van der Waals surface area contributed by atoms with Crippen molar-refractivity contribution in [3.63, 3.8) is 0 Å². The molecule has 0 spiro atoms. The minimum absolute atomic E-state index is 0.0878. The summed E-state index contributed by atoms with van der Waals surface area (Å²) in [6.45, 7) is 4.20. The van der Waals surface area contributed by atoms with Gasteiger partial charge in [0.1, 0.15) is 5.75 Å². The van der Waals surface area contributed by atoms with E-state index in [4.69, 9.17) is 9.84 Å². The molecule has 33 heavy (non-hydrogen) atoms. The summed E-state index contributed by atoms with van der Waals surface area (Å²) in [7, 11) is 3.91. The lowest BCUT2D eigenvalue weighted by atomic mass is 9.55. The number of aliphatic hydroxyl groups is 1. The smallest absolute Gasteiger partial charge is 0.236 e. The molecule has 5 atom stereocenters. The van der Waals surface area contributed by atoms with Crippen LogP contribution in [0.2, 0.25) is 0 Å². The average Bonchev–Trinajstić information content (AvgIpc) is 3.15. The van der Waals surface area contributed by atoms with Crippen LogP contribution in [0.25, 0.3) is 0 Å². The molecule has 1 amide bonds. The Morgan fingerprint density at radius 2 is 2.06 bits per heavy atom. The Morgan fingerprint density at radius 3 is 2.82 bits per heavy atom. The van der Waals surface area contributed by atoms with E-state index >= 15 is 0 Å². The lowest BCUT2D eigenvalue weighted by molar-refractivity contribution is -0.136. The van der Waals surface area contributed by atoms with E-state index in [0.29, 0.717) is 31.0 Å². The summed E-state index contributed by atoms with van der Waals surface area (Å²) in [6, 6.07) is 7.11. The summed E-state index contributed by atoms with van der Waals surface area (Å²) in [5, 5.41) is 9.16. The van der Waals surface area contributed by atoms with Gasteiger partial charge in [-0.15, -0.1) is 0 Å². The van der Waals surface area contributed by atoms with Crippen molar-refractivity contribution >= 4 is 18.5 Å². The lowest BCUT2D eigenvalue weighted by Gasteiger charge is -2.52. The average molecular weight is 475 g/mol. The first-order chi connectivity index (χ1) is 15.9.